The fraction of sp³-hybridized carbons (Fsp3) is 0.381. The van der Waals surface area contributed by atoms with Gasteiger partial charge in [0.2, 0.25) is 0 Å². The van der Waals surface area contributed by atoms with Crippen LogP contribution >= 0.6 is 0 Å². The smallest absolute Gasteiger partial charge is 0.310 e. The Kier molecular flexibility index (Phi) is 5.71. The van der Waals surface area contributed by atoms with Gasteiger partial charge in [0.1, 0.15) is 5.75 Å². The summed E-state index contributed by atoms with van der Waals surface area (Å²) in [5, 5.41) is 0. The van der Waals surface area contributed by atoms with E-state index in [2.05, 4.69) is 23.1 Å². The summed E-state index contributed by atoms with van der Waals surface area (Å²) in [6.45, 7) is 4.62. The van der Waals surface area contributed by atoms with E-state index in [-0.39, 0.29) is 17.8 Å². The molecule has 0 radical (unpaired) electrons. The first-order valence-corrected chi connectivity index (χ1v) is 8.78. The van der Waals surface area contributed by atoms with Crippen LogP contribution in [0.25, 0.3) is 0 Å². The fourth-order valence-corrected chi connectivity index (χ4v) is 3.63. The predicted octanol–water partition coefficient (Wildman–Crippen LogP) is 3.47. The first-order valence-electron chi connectivity index (χ1n) is 8.78. The van der Waals surface area contributed by atoms with Gasteiger partial charge in [-0.15, -0.1) is 0 Å². The van der Waals surface area contributed by atoms with E-state index in [1.165, 1.54) is 5.56 Å². The molecule has 0 aliphatic carbocycles. The maximum atomic E-state index is 12.5. The van der Waals surface area contributed by atoms with Crippen LogP contribution < -0.4 is 4.74 Å². The third-order valence-corrected chi connectivity index (χ3v) is 4.77. The molecule has 0 unspecified atom stereocenters. The molecule has 3 rings (SSSR count). The van der Waals surface area contributed by atoms with Crippen molar-refractivity contribution in [2.24, 2.45) is 5.92 Å². The minimum Gasteiger partial charge on any atom is -0.496 e. The molecule has 0 bridgehead atoms. The van der Waals surface area contributed by atoms with Gasteiger partial charge in [0.05, 0.1) is 19.6 Å². The highest BCUT2D eigenvalue weighted by molar-refractivity contribution is 5.75. The SMILES string of the molecule is CCOC(=O)[C@@H]1CN(Cc2ccccc2)C[C@@H]1c1ccccc1OC. The van der Waals surface area contributed by atoms with Crippen LogP contribution in [0.2, 0.25) is 0 Å². The average Bonchev–Trinajstić information content (AvgIpc) is 3.06. The monoisotopic (exact) mass is 339 g/mol. The Balaban J connectivity index is 1.84. The molecule has 1 heterocycles. The van der Waals surface area contributed by atoms with Crippen LogP contribution in [0.15, 0.2) is 54.6 Å². The van der Waals surface area contributed by atoms with Crippen LogP contribution in [0.5, 0.6) is 5.75 Å². The number of likely N-dealkylation sites (tertiary alicyclic amines) is 1. The molecular weight excluding hydrogens is 314 g/mol. The molecule has 0 aromatic heterocycles. The number of nitrogens with zero attached hydrogens (tertiary/aromatic N) is 1. The van der Waals surface area contributed by atoms with Gasteiger partial charge in [-0.25, -0.2) is 0 Å². The van der Waals surface area contributed by atoms with Crippen LogP contribution in [0.1, 0.15) is 24.0 Å². The lowest BCUT2D eigenvalue weighted by Gasteiger charge is -2.19. The number of ether oxygens (including phenoxy) is 2. The van der Waals surface area contributed by atoms with E-state index < -0.39 is 0 Å². The van der Waals surface area contributed by atoms with Crippen molar-refractivity contribution in [2.75, 3.05) is 26.8 Å². The third-order valence-electron chi connectivity index (χ3n) is 4.77. The van der Waals surface area contributed by atoms with E-state index in [1.54, 1.807) is 7.11 Å². The summed E-state index contributed by atoms with van der Waals surface area (Å²) < 4.78 is 10.9. The number of hydrogen-bond donors (Lipinski definition) is 0. The summed E-state index contributed by atoms with van der Waals surface area (Å²) >= 11 is 0. The van der Waals surface area contributed by atoms with Gasteiger partial charge in [-0.2, -0.15) is 0 Å². The molecule has 4 heteroatoms. The number of methoxy groups -OCH3 is 1. The van der Waals surface area contributed by atoms with Gasteiger partial charge in [0, 0.05) is 25.6 Å². The number of rotatable bonds is 6. The lowest BCUT2D eigenvalue weighted by Crippen LogP contribution is -2.25. The molecule has 1 aliphatic rings. The Morgan fingerprint density at radius 2 is 1.80 bits per heavy atom. The van der Waals surface area contributed by atoms with Gasteiger partial charge in [0.25, 0.3) is 0 Å². The van der Waals surface area contributed by atoms with Crippen molar-refractivity contribution in [1.82, 2.24) is 4.90 Å². The van der Waals surface area contributed by atoms with Crippen molar-refractivity contribution in [1.29, 1.82) is 0 Å². The number of esters is 1. The van der Waals surface area contributed by atoms with Crippen molar-refractivity contribution in [3.8, 4) is 5.75 Å². The zero-order chi connectivity index (χ0) is 17.6. The number of para-hydroxylation sites is 1. The van der Waals surface area contributed by atoms with Crippen LogP contribution in [0, 0.1) is 5.92 Å². The summed E-state index contributed by atoms with van der Waals surface area (Å²) in [5.41, 5.74) is 2.34. The number of carbonyl (C=O) groups is 1. The van der Waals surface area contributed by atoms with Crippen molar-refractivity contribution < 1.29 is 14.3 Å². The number of carbonyl (C=O) groups excluding carboxylic acids is 1. The molecular formula is C21H25NO3. The predicted molar refractivity (Wildman–Crippen MR) is 97.6 cm³/mol. The molecule has 0 N–H and O–H groups in total. The van der Waals surface area contributed by atoms with Crippen molar-refractivity contribution in [3.05, 3.63) is 65.7 Å². The summed E-state index contributed by atoms with van der Waals surface area (Å²) in [5.74, 6) is 0.635. The molecule has 0 saturated carbocycles. The molecule has 2 atom stereocenters. The lowest BCUT2D eigenvalue weighted by molar-refractivity contribution is -0.148. The Bertz CT molecular complexity index is 701. The minimum absolute atomic E-state index is 0.0823. The molecule has 2 aromatic carbocycles. The van der Waals surface area contributed by atoms with E-state index >= 15 is 0 Å². The summed E-state index contributed by atoms with van der Waals surface area (Å²) in [7, 11) is 1.68. The Hall–Kier alpha value is -2.33. The second-order valence-corrected chi connectivity index (χ2v) is 6.39. The van der Waals surface area contributed by atoms with Gasteiger partial charge in [0.15, 0.2) is 0 Å². The van der Waals surface area contributed by atoms with Gasteiger partial charge >= 0.3 is 5.97 Å². The molecule has 1 fully saturated rings. The van der Waals surface area contributed by atoms with Crippen LogP contribution in [0.3, 0.4) is 0 Å². The summed E-state index contributed by atoms with van der Waals surface area (Å²) in [4.78, 5) is 14.9. The summed E-state index contributed by atoms with van der Waals surface area (Å²) in [6, 6.07) is 18.3. The van der Waals surface area contributed by atoms with Gasteiger partial charge in [-0.05, 0) is 24.1 Å². The quantitative estimate of drug-likeness (QED) is 0.756. The van der Waals surface area contributed by atoms with Crippen LogP contribution in [-0.4, -0.2) is 37.7 Å². The zero-order valence-electron chi connectivity index (χ0n) is 14.9. The highest BCUT2D eigenvalue weighted by Crippen LogP contribution is 2.38. The van der Waals surface area contributed by atoms with E-state index in [0.717, 1.165) is 24.4 Å². The lowest BCUT2D eigenvalue weighted by atomic mass is 9.88. The second-order valence-electron chi connectivity index (χ2n) is 6.39. The molecule has 1 aliphatic heterocycles. The molecule has 1 saturated heterocycles. The number of hydrogen-bond acceptors (Lipinski definition) is 4. The fourth-order valence-electron chi connectivity index (χ4n) is 3.63. The minimum atomic E-state index is -0.167. The molecule has 25 heavy (non-hydrogen) atoms. The van der Waals surface area contributed by atoms with Crippen LogP contribution in [0.4, 0.5) is 0 Å². The first-order chi connectivity index (χ1) is 12.2. The maximum Gasteiger partial charge on any atom is 0.310 e. The molecule has 0 spiro atoms. The normalized spacial score (nSPS) is 20.4. The van der Waals surface area contributed by atoms with Gasteiger partial charge in [-0.1, -0.05) is 48.5 Å². The highest BCUT2D eigenvalue weighted by Gasteiger charge is 2.40. The van der Waals surface area contributed by atoms with Crippen molar-refractivity contribution in [2.45, 2.75) is 19.4 Å². The van der Waals surface area contributed by atoms with E-state index in [1.807, 2.05) is 43.3 Å². The van der Waals surface area contributed by atoms with E-state index in [0.29, 0.717) is 13.2 Å². The van der Waals surface area contributed by atoms with Crippen molar-refractivity contribution >= 4 is 5.97 Å². The van der Waals surface area contributed by atoms with E-state index in [4.69, 9.17) is 9.47 Å². The molecule has 0 amide bonds. The van der Waals surface area contributed by atoms with Gasteiger partial charge in [-0.3, -0.25) is 9.69 Å². The standard InChI is InChI=1S/C21H25NO3/c1-3-25-21(23)19-15-22(13-16-9-5-4-6-10-16)14-18(19)17-11-7-8-12-20(17)24-2/h4-12,18-19H,3,13-15H2,1-2H3/t18-,19-/m1/s1. The molecule has 4 nitrogen and oxygen atoms in total. The Labute approximate surface area is 149 Å². The largest absolute Gasteiger partial charge is 0.496 e. The summed E-state index contributed by atoms with van der Waals surface area (Å²) in [6.07, 6.45) is 0. The average molecular weight is 339 g/mol. The zero-order valence-corrected chi connectivity index (χ0v) is 14.9. The van der Waals surface area contributed by atoms with Crippen LogP contribution in [-0.2, 0) is 16.1 Å². The van der Waals surface area contributed by atoms with Crippen molar-refractivity contribution in [3.63, 3.8) is 0 Å². The Morgan fingerprint density at radius 1 is 1.08 bits per heavy atom. The second kappa shape index (κ2) is 8.17. The van der Waals surface area contributed by atoms with E-state index in [9.17, 15) is 4.79 Å². The topological polar surface area (TPSA) is 38.8 Å². The third kappa shape index (κ3) is 4.02. The highest BCUT2D eigenvalue weighted by atomic mass is 16.5. The molecule has 132 valence electrons. The number of benzene rings is 2. The first kappa shape index (κ1) is 17.5. The Morgan fingerprint density at radius 3 is 2.52 bits per heavy atom. The van der Waals surface area contributed by atoms with Gasteiger partial charge < -0.3 is 9.47 Å². The maximum absolute atomic E-state index is 12.5. The molecule has 2 aromatic rings.